The van der Waals surface area contributed by atoms with Crippen LogP contribution < -0.4 is 5.32 Å². The zero-order chi connectivity index (χ0) is 22.8. The second-order valence-corrected chi connectivity index (χ2v) is 9.30. The zero-order valence-electron chi connectivity index (χ0n) is 19.5. The van der Waals surface area contributed by atoms with Gasteiger partial charge in [-0.3, -0.25) is 9.59 Å². The van der Waals surface area contributed by atoms with Crippen LogP contribution in [0.15, 0.2) is 42.5 Å². The molecule has 0 aromatic heterocycles. The summed E-state index contributed by atoms with van der Waals surface area (Å²) < 4.78 is 0. The van der Waals surface area contributed by atoms with E-state index in [4.69, 9.17) is 0 Å². The smallest absolute Gasteiger partial charge is 0.242 e. The predicted octanol–water partition coefficient (Wildman–Crippen LogP) is 5.18. The summed E-state index contributed by atoms with van der Waals surface area (Å²) in [5, 5.41) is 2.97. The van der Waals surface area contributed by atoms with Crippen LogP contribution in [0.2, 0.25) is 0 Å². The number of nitrogens with one attached hydrogen (secondary N) is 1. The van der Waals surface area contributed by atoms with Gasteiger partial charge in [0.1, 0.15) is 6.04 Å². The Balaban J connectivity index is 2.05. The Morgan fingerprint density at radius 3 is 2.23 bits per heavy atom. The molecular formula is C26H36N2O2S. The molecule has 4 nitrogen and oxygen atoms in total. The van der Waals surface area contributed by atoms with Gasteiger partial charge in [0.2, 0.25) is 11.8 Å². The van der Waals surface area contributed by atoms with Gasteiger partial charge in [-0.25, -0.2) is 0 Å². The van der Waals surface area contributed by atoms with Crippen molar-refractivity contribution < 1.29 is 9.59 Å². The number of hydrogen-bond acceptors (Lipinski definition) is 3. The molecule has 0 saturated carbocycles. The largest absolute Gasteiger partial charge is 0.354 e. The average molecular weight is 441 g/mol. The van der Waals surface area contributed by atoms with E-state index >= 15 is 0 Å². The van der Waals surface area contributed by atoms with Crippen LogP contribution in [-0.2, 0) is 21.9 Å². The first-order valence-electron chi connectivity index (χ1n) is 11.1. The van der Waals surface area contributed by atoms with Crippen LogP contribution >= 0.6 is 11.8 Å². The minimum absolute atomic E-state index is 0.00640. The van der Waals surface area contributed by atoms with Crippen molar-refractivity contribution >= 4 is 23.6 Å². The van der Waals surface area contributed by atoms with Crippen molar-refractivity contribution in [3.8, 4) is 0 Å². The van der Waals surface area contributed by atoms with Gasteiger partial charge >= 0.3 is 0 Å². The summed E-state index contributed by atoms with van der Waals surface area (Å²) in [6.07, 6.45) is 1.96. The van der Waals surface area contributed by atoms with Crippen molar-refractivity contribution in [2.75, 3.05) is 12.3 Å². The molecule has 2 amide bonds. The highest BCUT2D eigenvalue weighted by Crippen LogP contribution is 2.18. The maximum atomic E-state index is 13.1. The molecule has 1 unspecified atom stereocenters. The molecule has 2 aromatic rings. The summed E-state index contributed by atoms with van der Waals surface area (Å²) in [5.74, 6) is 1.04. The van der Waals surface area contributed by atoms with Crippen LogP contribution in [-0.4, -0.2) is 35.1 Å². The first-order chi connectivity index (χ1) is 14.8. The van der Waals surface area contributed by atoms with E-state index < -0.39 is 6.04 Å². The molecule has 0 aliphatic heterocycles. The number of benzene rings is 2. The lowest BCUT2D eigenvalue weighted by Gasteiger charge is -2.29. The lowest BCUT2D eigenvalue weighted by Crippen LogP contribution is -2.48. The van der Waals surface area contributed by atoms with Crippen LogP contribution in [0.4, 0.5) is 0 Å². The quantitative estimate of drug-likeness (QED) is 0.490. The first-order valence-corrected chi connectivity index (χ1v) is 12.2. The number of thioether (sulfide) groups is 1. The molecule has 0 bridgehead atoms. The fourth-order valence-corrected chi connectivity index (χ4v) is 4.35. The van der Waals surface area contributed by atoms with Gasteiger partial charge in [-0.2, -0.15) is 0 Å². The number of unbranched alkanes of at least 4 members (excludes halogenated alkanes) is 1. The minimum atomic E-state index is -0.507. The highest BCUT2D eigenvalue weighted by atomic mass is 32.2. The highest BCUT2D eigenvalue weighted by molar-refractivity contribution is 7.99. The van der Waals surface area contributed by atoms with Gasteiger partial charge in [-0.15, -0.1) is 11.8 Å². The van der Waals surface area contributed by atoms with E-state index in [-0.39, 0.29) is 11.8 Å². The molecule has 0 radical (unpaired) electrons. The lowest BCUT2D eigenvalue weighted by molar-refractivity contribution is -0.138. The van der Waals surface area contributed by atoms with E-state index in [1.165, 1.54) is 22.3 Å². The lowest BCUT2D eigenvalue weighted by atomic mass is 10.1. The maximum Gasteiger partial charge on any atom is 0.242 e. The molecule has 0 saturated heterocycles. The SMILES string of the molecule is CCCCNC(=O)C(C)N(Cc1ccc(C)cc1)C(=O)CSCc1cc(C)cc(C)c1. The number of nitrogens with zero attached hydrogens (tertiary/aromatic N) is 1. The normalized spacial score (nSPS) is 11.8. The van der Waals surface area contributed by atoms with Gasteiger partial charge in [0.15, 0.2) is 0 Å². The van der Waals surface area contributed by atoms with Gasteiger partial charge in [-0.1, -0.05) is 72.5 Å². The molecule has 2 aromatic carbocycles. The summed E-state index contributed by atoms with van der Waals surface area (Å²) in [6.45, 7) is 11.2. The molecule has 2 rings (SSSR count). The highest BCUT2D eigenvalue weighted by Gasteiger charge is 2.25. The van der Waals surface area contributed by atoms with E-state index in [2.05, 4.69) is 44.3 Å². The second-order valence-electron chi connectivity index (χ2n) is 8.32. The van der Waals surface area contributed by atoms with E-state index in [1.54, 1.807) is 16.7 Å². The van der Waals surface area contributed by atoms with Crippen LogP contribution in [0.5, 0.6) is 0 Å². The van der Waals surface area contributed by atoms with E-state index in [0.717, 1.165) is 24.2 Å². The van der Waals surface area contributed by atoms with Gasteiger partial charge in [-0.05, 0) is 45.2 Å². The monoisotopic (exact) mass is 440 g/mol. The van der Waals surface area contributed by atoms with Crippen molar-refractivity contribution in [3.63, 3.8) is 0 Å². The summed E-state index contributed by atoms with van der Waals surface area (Å²) in [7, 11) is 0. The number of hydrogen-bond donors (Lipinski definition) is 1. The summed E-state index contributed by atoms with van der Waals surface area (Å²) in [6, 6.07) is 14.1. The van der Waals surface area contributed by atoms with Crippen molar-refractivity contribution in [1.82, 2.24) is 10.2 Å². The van der Waals surface area contributed by atoms with Gasteiger partial charge in [0, 0.05) is 18.8 Å². The zero-order valence-corrected chi connectivity index (χ0v) is 20.3. The van der Waals surface area contributed by atoms with Gasteiger partial charge < -0.3 is 10.2 Å². The number of aryl methyl sites for hydroxylation is 3. The Bertz CT molecular complexity index is 844. The van der Waals surface area contributed by atoms with Gasteiger partial charge in [0.05, 0.1) is 5.75 Å². The third-order valence-corrected chi connectivity index (χ3v) is 6.23. The van der Waals surface area contributed by atoms with E-state index in [0.29, 0.717) is 18.8 Å². The Hall–Kier alpha value is -2.27. The summed E-state index contributed by atoms with van der Waals surface area (Å²) >= 11 is 1.60. The number of rotatable bonds is 11. The number of carbonyl (C=O) groups is 2. The van der Waals surface area contributed by atoms with E-state index in [9.17, 15) is 9.59 Å². The second kappa shape index (κ2) is 12.6. The van der Waals surface area contributed by atoms with Crippen molar-refractivity contribution in [2.24, 2.45) is 0 Å². The topological polar surface area (TPSA) is 49.4 Å². The Kier molecular flexibility index (Phi) is 10.1. The van der Waals surface area contributed by atoms with Crippen molar-refractivity contribution in [2.45, 2.75) is 65.8 Å². The summed E-state index contributed by atoms with van der Waals surface area (Å²) in [5.41, 5.74) is 5.91. The molecule has 0 aliphatic rings. The predicted molar refractivity (Wildman–Crippen MR) is 131 cm³/mol. The molecule has 168 valence electrons. The van der Waals surface area contributed by atoms with E-state index in [1.807, 2.05) is 38.1 Å². The molecule has 0 heterocycles. The molecule has 1 N–H and O–H groups in total. The third-order valence-electron chi connectivity index (χ3n) is 5.25. The molecule has 0 aliphatic carbocycles. The van der Waals surface area contributed by atoms with Crippen molar-refractivity contribution in [1.29, 1.82) is 0 Å². The molecule has 0 spiro atoms. The molecule has 5 heteroatoms. The van der Waals surface area contributed by atoms with Crippen molar-refractivity contribution in [3.05, 3.63) is 70.3 Å². The van der Waals surface area contributed by atoms with Crippen LogP contribution in [0.3, 0.4) is 0 Å². The fraction of sp³-hybridized carbons (Fsp3) is 0.462. The minimum Gasteiger partial charge on any atom is -0.354 e. The third kappa shape index (κ3) is 8.41. The first kappa shape index (κ1) is 25.0. The maximum absolute atomic E-state index is 13.1. The molecule has 1 atom stereocenters. The Morgan fingerprint density at radius 1 is 0.968 bits per heavy atom. The number of amides is 2. The Labute approximate surface area is 191 Å². The molecule has 0 fully saturated rings. The number of carbonyl (C=O) groups excluding carboxylic acids is 2. The Morgan fingerprint density at radius 2 is 1.61 bits per heavy atom. The van der Waals surface area contributed by atoms with Crippen LogP contribution in [0, 0.1) is 20.8 Å². The fourth-order valence-electron chi connectivity index (χ4n) is 3.50. The molecular weight excluding hydrogens is 404 g/mol. The summed E-state index contributed by atoms with van der Waals surface area (Å²) in [4.78, 5) is 27.5. The average Bonchev–Trinajstić information content (AvgIpc) is 2.72. The molecule has 31 heavy (non-hydrogen) atoms. The van der Waals surface area contributed by atoms with Crippen LogP contribution in [0.1, 0.15) is 54.5 Å². The van der Waals surface area contributed by atoms with Crippen LogP contribution in [0.25, 0.3) is 0 Å². The van der Waals surface area contributed by atoms with Gasteiger partial charge in [0.25, 0.3) is 0 Å². The standard InChI is InChI=1S/C26H36N2O2S/c1-6-7-12-27-26(30)22(5)28(16-23-10-8-19(2)9-11-23)25(29)18-31-17-24-14-20(3)13-21(4)15-24/h8-11,13-15,22H,6-7,12,16-18H2,1-5H3,(H,27,30).